The van der Waals surface area contributed by atoms with E-state index < -0.39 is 0 Å². The summed E-state index contributed by atoms with van der Waals surface area (Å²) in [6.07, 6.45) is 0. The smallest absolute Gasteiger partial charge is 0.0493 e. The SMILES string of the molecule is CC(Nc1ccccc1CN(C)C)c1ccsc1. The maximum atomic E-state index is 3.60. The molecule has 1 aromatic carbocycles. The van der Waals surface area contributed by atoms with E-state index in [2.05, 4.69) is 72.3 Å². The van der Waals surface area contributed by atoms with Gasteiger partial charge in [-0.1, -0.05) is 18.2 Å². The number of nitrogens with one attached hydrogen (secondary N) is 1. The van der Waals surface area contributed by atoms with E-state index in [0.29, 0.717) is 6.04 Å². The molecule has 1 aromatic heterocycles. The van der Waals surface area contributed by atoms with Crippen LogP contribution in [0.25, 0.3) is 0 Å². The largest absolute Gasteiger partial charge is 0.378 e. The zero-order valence-electron chi connectivity index (χ0n) is 11.2. The minimum atomic E-state index is 0.347. The first kappa shape index (κ1) is 13.1. The Hall–Kier alpha value is -1.32. The van der Waals surface area contributed by atoms with E-state index in [4.69, 9.17) is 0 Å². The van der Waals surface area contributed by atoms with Crippen molar-refractivity contribution < 1.29 is 0 Å². The third-order valence-corrected chi connectivity index (χ3v) is 3.62. The van der Waals surface area contributed by atoms with Crippen molar-refractivity contribution in [3.63, 3.8) is 0 Å². The first-order valence-electron chi connectivity index (χ1n) is 6.18. The predicted molar refractivity (Wildman–Crippen MR) is 80.2 cm³/mol. The topological polar surface area (TPSA) is 15.3 Å². The van der Waals surface area contributed by atoms with Crippen molar-refractivity contribution in [2.24, 2.45) is 0 Å². The van der Waals surface area contributed by atoms with Crippen LogP contribution in [-0.2, 0) is 6.54 Å². The second-order valence-corrected chi connectivity index (χ2v) is 5.60. The maximum absolute atomic E-state index is 3.60. The van der Waals surface area contributed by atoms with E-state index in [1.54, 1.807) is 11.3 Å². The van der Waals surface area contributed by atoms with Gasteiger partial charge in [-0.25, -0.2) is 0 Å². The van der Waals surface area contributed by atoms with E-state index in [9.17, 15) is 0 Å². The number of para-hydroxylation sites is 1. The average Bonchev–Trinajstić information content (AvgIpc) is 2.84. The summed E-state index contributed by atoms with van der Waals surface area (Å²) in [7, 11) is 4.19. The van der Waals surface area contributed by atoms with Crippen molar-refractivity contribution >= 4 is 17.0 Å². The number of rotatable bonds is 5. The number of hydrogen-bond acceptors (Lipinski definition) is 3. The van der Waals surface area contributed by atoms with E-state index in [1.165, 1.54) is 16.8 Å². The molecule has 0 bridgehead atoms. The summed E-state index contributed by atoms with van der Waals surface area (Å²) in [4.78, 5) is 2.19. The number of thiophene rings is 1. The molecule has 96 valence electrons. The zero-order valence-corrected chi connectivity index (χ0v) is 12.0. The van der Waals surface area contributed by atoms with Crippen LogP contribution < -0.4 is 5.32 Å². The van der Waals surface area contributed by atoms with Crippen molar-refractivity contribution in [2.75, 3.05) is 19.4 Å². The van der Waals surface area contributed by atoms with Gasteiger partial charge in [0.15, 0.2) is 0 Å². The molecule has 0 aliphatic rings. The molecule has 1 heterocycles. The first-order chi connectivity index (χ1) is 8.66. The molecular formula is C15H20N2S. The summed E-state index contributed by atoms with van der Waals surface area (Å²) >= 11 is 1.75. The van der Waals surface area contributed by atoms with E-state index in [1.807, 2.05) is 0 Å². The van der Waals surface area contributed by atoms with Crippen molar-refractivity contribution in [3.8, 4) is 0 Å². The predicted octanol–water partition coefficient (Wildman–Crippen LogP) is 3.98. The van der Waals surface area contributed by atoms with Crippen LogP contribution in [0.3, 0.4) is 0 Å². The van der Waals surface area contributed by atoms with Crippen molar-refractivity contribution in [2.45, 2.75) is 19.5 Å². The molecule has 2 rings (SSSR count). The van der Waals surface area contributed by atoms with Gasteiger partial charge in [0.1, 0.15) is 0 Å². The van der Waals surface area contributed by atoms with Crippen molar-refractivity contribution in [1.29, 1.82) is 0 Å². The van der Waals surface area contributed by atoms with Crippen LogP contribution in [0.1, 0.15) is 24.1 Å². The molecule has 0 amide bonds. The average molecular weight is 260 g/mol. The van der Waals surface area contributed by atoms with Crippen LogP contribution in [-0.4, -0.2) is 19.0 Å². The third kappa shape index (κ3) is 3.34. The standard InChI is InChI=1S/C15H20N2S/c1-12(14-8-9-18-11-14)16-15-7-5-4-6-13(15)10-17(2)3/h4-9,11-12,16H,10H2,1-3H3. The Morgan fingerprint density at radius 1 is 1.22 bits per heavy atom. The molecule has 0 radical (unpaired) electrons. The lowest BCUT2D eigenvalue weighted by Crippen LogP contribution is -2.14. The Balaban J connectivity index is 2.13. The Kier molecular flexibility index (Phi) is 4.39. The molecule has 18 heavy (non-hydrogen) atoms. The molecule has 3 heteroatoms. The van der Waals surface area contributed by atoms with Crippen LogP contribution in [0, 0.1) is 0 Å². The Bertz CT molecular complexity index is 477. The molecule has 0 saturated carbocycles. The van der Waals surface area contributed by atoms with E-state index in [-0.39, 0.29) is 0 Å². The van der Waals surface area contributed by atoms with Crippen molar-refractivity contribution in [3.05, 3.63) is 52.2 Å². The zero-order chi connectivity index (χ0) is 13.0. The van der Waals surface area contributed by atoms with Crippen LogP contribution in [0.2, 0.25) is 0 Å². The molecule has 0 aliphatic carbocycles. The second-order valence-electron chi connectivity index (χ2n) is 4.82. The summed E-state index contributed by atoms with van der Waals surface area (Å²) in [6, 6.07) is 11.0. The molecule has 1 atom stereocenters. The van der Waals surface area contributed by atoms with E-state index in [0.717, 1.165) is 6.54 Å². The molecule has 2 nitrogen and oxygen atoms in total. The van der Waals surface area contributed by atoms with Crippen LogP contribution >= 0.6 is 11.3 Å². The number of nitrogens with zero attached hydrogens (tertiary/aromatic N) is 1. The van der Waals surface area contributed by atoms with Gasteiger partial charge in [-0.3, -0.25) is 0 Å². The molecule has 1 N–H and O–H groups in total. The number of anilines is 1. The normalized spacial score (nSPS) is 12.7. The first-order valence-corrected chi connectivity index (χ1v) is 7.12. The van der Waals surface area contributed by atoms with Crippen molar-refractivity contribution in [1.82, 2.24) is 4.90 Å². The third-order valence-electron chi connectivity index (χ3n) is 2.92. The van der Waals surface area contributed by atoms with Gasteiger partial charge in [0.2, 0.25) is 0 Å². The molecular weight excluding hydrogens is 240 g/mol. The highest BCUT2D eigenvalue weighted by molar-refractivity contribution is 7.07. The maximum Gasteiger partial charge on any atom is 0.0493 e. The second kappa shape index (κ2) is 6.03. The van der Waals surface area contributed by atoms with E-state index >= 15 is 0 Å². The highest BCUT2D eigenvalue weighted by Gasteiger charge is 2.08. The lowest BCUT2D eigenvalue weighted by Gasteiger charge is -2.19. The Labute approximate surface area is 113 Å². The van der Waals surface area contributed by atoms with Crippen LogP contribution in [0.4, 0.5) is 5.69 Å². The van der Waals surface area contributed by atoms with Gasteiger partial charge in [-0.2, -0.15) is 11.3 Å². The Morgan fingerprint density at radius 2 is 2.00 bits per heavy atom. The minimum Gasteiger partial charge on any atom is -0.378 e. The molecule has 0 spiro atoms. The van der Waals surface area contributed by atoms with Gasteiger partial charge in [0.05, 0.1) is 0 Å². The quantitative estimate of drug-likeness (QED) is 0.874. The lowest BCUT2D eigenvalue weighted by molar-refractivity contribution is 0.403. The lowest BCUT2D eigenvalue weighted by atomic mass is 10.1. The summed E-state index contributed by atoms with van der Waals surface area (Å²) in [5, 5.41) is 7.92. The fourth-order valence-corrected chi connectivity index (χ4v) is 2.73. The molecule has 0 saturated heterocycles. The fourth-order valence-electron chi connectivity index (χ4n) is 1.98. The summed E-state index contributed by atoms with van der Waals surface area (Å²) in [6.45, 7) is 3.16. The Morgan fingerprint density at radius 3 is 2.67 bits per heavy atom. The van der Waals surface area contributed by atoms with Crippen LogP contribution in [0.5, 0.6) is 0 Å². The summed E-state index contributed by atoms with van der Waals surface area (Å²) < 4.78 is 0. The monoisotopic (exact) mass is 260 g/mol. The van der Waals surface area contributed by atoms with Gasteiger partial charge >= 0.3 is 0 Å². The number of hydrogen-bond donors (Lipinski definition) is 1. The molecule has 2 aromatic rings. The summed E-state index contributed by atoms with van der Waals surface area (Å²) in [5.41, 5.74) is 3.91. The van der Waals surface area contributed by atoms with Gasteiger partial charge in [-0.05, 0) is 55.0 Å². The number of benzene rings is 1. The van der Waals surface area contributed by atoms with Gasteiger partial charge < -0.3 is 10.2 Å². The summed E-state index contributed by atoms with van der Waals surface area (Å²) in [5.74, 6) is 0. The highest BCUT2D eigenvalue weighted by atomic mass is 32.1. The molecule has 1 unspecified atom stereocenters. The van der Waals surface area contributed by atoms with Crippen LogP contribution in [0.15, 0.2) is 41.1 Å². The molecule has 0 fully saturated rings. The highest BCUT2D eigenvalue weighted by Crippen LogP contribution is 2.24. The minimum absolute atomic E-state index is 0.347. The fraction of sp³-hybridized carbons (Fsp3) is 0.333. The van der Waals surface area contributed by atoms with Gasteiger partial charge in [0, 0.05) is 18.3 Å². The van der Waals surface area contributed by atoms with Gasteiger partial charge in [0.25, 0.3) is 0 Å². The van der Waals surface area contributed by atoms with Gasteiger partial charge in [-0.15, -0.1) is 0 Å². The molecule has 0 aliphatic heterocycles.